The molecule has 1 rings (SSSR count). The van der Waals surface area contributed by atoms with Crippen LogP contribution in [0.4, 0.5) is 11.8 Å². The minimum Gasteiger partial charge on any atom is -0.486 e. The van der Waals surface area contributed by atoms with Gasteiger partial charge in [-0.2, -0.15) is 4.98 Å². The van der Waals surface area contributed by atoms with Crippen LogP contribution in [-0.4, -0.2) is 47.0 Å². The van der Waals surface area contributed by atoms with Gasteiger partial charge in [0.1, 0.15) is 6.61 Å². The number of aromatic nitrogens is 2. The summed E-state index contributed by atoms with van der Waals surface area (Å²) in [5, 5.41) is 12.5. The zero-order chi connectivity index (χ0) is 17.1. The smallest absolute Gasteiger partial charge is 0.222 e. The number of nitrogens with two attached hydrogens (primary N) is 1. The Bertz CT molecular complexity index is 443. The lowest BCUT2D eigenvalue weighted by molar-refractivity contribution is 0.0553. The molecule has 0 saturated heterocycles. The van der Waals surface area contributed by atoms with E-state index in [1.165, 1.54) is 0 Å². The molecular formula is C16H30N4O3. The maximum absolute atomic E-state index is 9.22. The highest BCUT2D eigenvalue weighted by molar-refractivity contribution is 5.51. The van der Waals surface area contributed by atoms with Crippen molar-refractivity contribution in [3.8, 4) is 5.75 Å². The third-order valence-corrected chi connectivity index (χ3v) is 3.29. The number of rotatable bonds is 12. The van der Waals surface area contributed by atoms with Crippen molar-refractivity contribution in [1.82, 2.24) is 9.97 Å². The second kappa shape index (κ2) is 11.0. The van der Waals surface area contributed by atoms with Gasteiger partial charge in [0.05, 0.1) is 18.9 Å². The van der Waals surface area contributed by atoms with E-state index in [0.29, 0.717) is 31.2 Å². The monoisotopic (exact) mass is 326 g/mol. The summed E-state index contributed by atoms with van der Waals surface area (Å²) in [4.78, 5) is 8.21. The van der Waals surface area contributed by atoms with Gasteiger partial charge in [0.2, 0.25) is 5.95 Å². The zero-order valence-corrected chi connectivity index (χ0v) is 14.4. The van der Waals surface area contributed by atoms with Crippen LogP contribution >= 0.6 is 0 Å². The van der Waals surface area contributed by atoms with Crippen LogP contribution in [0.2, 0.25) is 0 Å². The number of ether oxygens (including phenoxy) is 2. The molecule has 0 spiro atoms. The van der Waals surface area contributed by atoms with Crippen LogP contribution in [0.5, 0.6) is 5.75 Å². The van der Waals surface area contributed by atoms with Gasteiger partial charge in [0.15, 0.2) is 11.6 Å². The predicted molar refractivity (Wildman–Crippen MR) is 91.7 cm³/mol. The van der Waals surface area contributed by atoms with E-state index in [1.54, 1.807) is 6.20 Å². The number of nitrogen functional groups attached to an aromatic ring is 1. The highest BCUT2D eigenvalue weighted by Crippen LogP contribution is 2.24. The van der Waals surface area contributed by atoms with Crippen LogP contribution in [-0.2, 0) is 4.74 Å². The van der Waals surface area contributed by atoms with E-state index in [0.717, 1.165) is 19.3 Å². The molecule has 0 aromatic carbocycles. The van der Waals surface area contributed by atoms with Crippen molar-refractivity contribution in [3.05, 3.63) is 6.20 Å². The molecule has 23 heavy (non-hydrogen) atoms. The van der Waals surface area contributed by atoms with Gasteiger partial charge in [0, 0.05) is 12.6 Å². The molecule has 7 nitrogen and oxygen atoms in total. The number of hydrogen-bond donors (Lipinski definition) is 3. The normalized spacial score (nSPS) is 12.4. The molecule has 0 aliphatic rings. The number of hydrogen-bond acceptors (Lipinski definition) is 7. The first kappa shape index (κ1) is 19.4. The number of nitrogens with one attached hydrogen (secondary N) is 1. The minimum absolute atomic E-state index is 0.125. The Kier molecular flexibility index (Phi) is 9.31. The molecule has 1 aromatic rings. The summed E-state index contributed by atoms with van der Waals surface area (Å²) >= 11 is 0. The van der Waals surface area contributed by atoms with Gasteiger partial charge in [-0.25, -0.2) is 4.98 Å². The van der Waals surface area contributed by atoms with Gasteiger partial charge < -0.3 is 25.6 Å². The van der Waals surface area contributed by atoms with Crippen molar-refractivity contribution >= 4 is 11.8 Å². The Morgan fingerprint density at radius 2 is 2.09 bits per heavy atom. The molecule has 0 saturated carbocycles. The van der Waals surface area contributed by atoms with Crippen LogP contribution in [0.15, 0.2) is 6.20 Å². The molecule has 1 heterocycles. The second-order valence-corrected chi connectivity index (χ2v) is 5.70. The highest BCUT2D eigenvalue weighted by Gasteiger charge is 2.13. The van der Waals surface area contributed by atoms with Crippen molar-refractivity contribution in [2.75, 3.05) is 30.9 Å². The van der Waals surface area contributed by atoms with Gasteiger partial charge in [-0.3, -0.25) is 0 Å². The Hall–Kier alpha value is -1.60. The summed E-state index contributed by atoms with van der Waals surface area (Å²) in [6.07, 6.45) is 5.52. The largest absolute Gasteiger partial charge is 0.486 e. The molecular weight excluding hydrogens is 296 g/mol. The molecule has 0 aliphatic carbocycles. The van der Waals surface area contributed by atoms with Crippen molar-refractivity contribution < 1.29 is 14.6 Å². The molecule has 1 aromatic heterocycles. The standard InChI is InChI=1S/C16H30N4O3/c1-4-5-6-13(7-8-21)19-15-14(11-18-16(17)20-15)23-10-9-22-12(2)3/h11-13,21H,4-10H2,1-3H3,(H3,17,18,19,20). The van der Waals surface area contributed by atoms with Gasteiger partial charge in [-0.05, 0) is 26.7 Å². The predicted octanol–water partition coefficient (Wildman–Crippen LogP) is 2.22. The van der Waals surface area contributed by atoms with E-state index in [-0.39, 0.29) is 24.7 Å². The molecule has 0 radical (unpaired) electrons. The zero-order valence-electron chi connectivity index (χ0n) is 14.4. The average Bonchev–Trinajstić information content (AvgIpc) is 2.51. The summed E-state index contributed by atoms with van der Waals surface area (Å²) in [5.41, 5.74) is 5.68. The quantitative estimate of drug-likeness (QED) is 0.506. The maximum Gasteiger partial charge on any atom is 0.222 e. The van der Waals surface area contributed by atoms with Crippen LogP contribution in [0.1, 0.15) is 46.5 Å². The summed E-state index contributed by atoms with van der Waals surface area (Å²) in [5.74, 6) is 1.30. The third kappa shape index (κ3) is 7.99. The lowest BCUT2D eigenvalue weighted by Crippen LogP contribution is -2.23. The topological polar surface area (TPSA) is 103 Å². The Morgan fingerprint density at radius 3 is 2.74 bits per heavy atom. The first-order valence-corrected chi connectivity index (χ1v) is 8.31. The molecule has 0 aliphatic heterocycles. The lowest BCUT2D eigenvalue weighted by atomic mass is 10.1. The van der Waals surface area contributed by atoms with E-state index >= 15 is 0 Å². The molecule has 4 N–H and O–H groups in total. The van der Waals surface area contributed by atoms with Crippen molar-refractivity contribution in [2.24, 2.45) is 0 Å². The van der Waals surface area contributed by atoms with Gasteiger partial charge in [-0.1, -0.05) is 19.8 Å². The van der Waals surface area contributed by atoms with E-state index < -0.39 is 0 Å². The van der Waals surface area contributed by atoms with Crippen molar-refractivity contribution in [2.45, 2.75) is 58.6 Å². The number of unbranched alkanes of at least 4 members (excludes halogenated alkanes) is 1. The molecule has 1 atom stereocenters. The van der Waals surface area contributed by atoms with Crippen LogP contribution in [0, 0.1) is 0 Å². The molecule has 1 unspecified atom stereocenters. The number of anilines is 2. The number of nitrogens with zero attached hydrogens (tertiary/aromatic N) is 2. The van der Waals surface area contributed by atoms with Gasteiger partial charge >= 0.3 is 0 Å². The van der Waals surface area contributed by atoms with Gasteiger partial charge in [-0.15, -0.1) is 0 Å². The van der Waals surface area contributed by atoms with E-state index in [2.05, 4.69) is 22.2 Å². The van der Waals surface area contributed by atoms with E-state index in [9.17, 15) is 5.11 Å². The molecule has 0 amide bonds. The van der Waals surface area contributed by atoms with Crippen LogP contribution in [0.25, 0.3) is 0 Å². The SMILES string of the molecule is CCCCC(CCO)Nc1nc(N)ncc1OCCOC(C)C. The van der Waals surface area contributed by atoms with E-state index in [1.807, 2.05) is 13.8 Å². The number of aliphatic hydroxyl groups excluding tert-OH is 1. The van der Waals surface area contributed by atoms with Crippen LogP contribution in [0.3, 0.4) is 0 Å². The van der Waals surface area contributed by atoms with Crippen molar-refractivity contribution in [3.63, 3.8) is 0 Å². The number of aliphatic hydroxyl groups is 1. The maximum atomic E-state index is 9.22. The molecule has 132 valence electrons. The highest BCUT2D eigenvalue weighted by atomic mass is 16.5. The summed E-state index contributed by atoms with van der Waals surface area (Å²) in [7, 11) is 0. The minimum atomic E-state index is 0.125. The van der Waals surface area contributed by atoms with Gasteiger partial charge in [0.25, 0.3) is 0 Å². The third-order valence-electron chi connectivity index (χ3n) is 3.29. The second-order valence-electron chi connectivity index (χ2n) is 5.70. The first-order chi connectivity index (χ1) is 11.1. The Balaban J connectivity index is 2.68. The summed E-state index contributed by atoms with van der Waals surface area (Å²) in [6, 6.07) is 0.128. The molecule has 0 fully saturated rings. The summed E-state index contributed by atoms with van der Waals surface area (Å²) < 4.78 is 11.2. The average molecular weight is 326 g/mol. The fourth-order valence-electron chi connectivity index (χ4n) is 2.12. The summed E-state index contributed by atoms with van der Waals surface area (Å²) in [6.45, 7) is 7.14. The fourth-order valence-corrected chi connectivity index (χ4v) is 2.12. The molecule has 7 heteroatoms. The first-order valence-electron chi connectivity index (χ1n) is 8.31. The Morgan fingerprint density at radius 1 is 1.30 bits per heavy atom. The molecule has 0 bridgehead atoms. The lowest BCUT2D eigenvalue weighted by Gasteiger charge is -2.20. The Labute approximate surface area is 138 Å². The van der Waals surface area contributed by atoms with Crippen molar-refractivity contribution in [1.29, 1.82) is 0 Å². The van der Waals surface area contributed by atoms with E-state index in [4.69, 9.17) is 15.2 Å². The fraction of sp³-hybridized carbons (Fsp3) is 0.750. The van der Waals surface area contributed by atoms with Crippen LogP contribution < -0.4 is 15.8 Å².